The van der Waals surface area contributed by atoms with Crippen molar-refractivity contribution in [2.75, 3.05) is 13.2 Å². The average Bonchev–Trinajstić information content (AvgIpc) is 3.02. The van der Waals surface area contributed by atoms with E-state index in [4.69, 9.17) is 9.47 Å². The zero-order chi connectivity index (χ0) is 15.5. The van der Waals surface area contributed by atoms with Crippen molar-refractivity contribution in [3.63, 3.8) is 0 Å². The maximum Gasteiger partial charge on any atom is 0.309 e. The molecule has 21 heavy (non-hydrogen) atoms. The first-order chi connectivity index (χ1) is 10.2. The van der Waals surface area contributed by atoms with Gasteiger partial charge in [-0.15, -0.1) is 0 Å². The third kappa shape index (κ3) is 5.80. The van der Waals surface area contributed by atoms with Gasteiger partial charge in [-0.3, -0.25) is 19.2 Å². The molecule has 0 aromatic carbocycles. The van der Waals surface area contributed by atoms with E-state index in [0.717, 1.165) is 25.7 Å². The van der Waals surface area contributed by atoms with Crippen LogP contribution in [-0.4, -0.2) is 50.8 Å². The van der Waals surface area contributed by atoms with E-state index in [1.54, 1.807) is 0 Å². The topological polar surface area (TPSA) is 105 Å². The van der Waals surface area contributed by atoms with Crippen LogP contribution in [0.3, 0.4) is 0 Å². The Bertz CT molecular complexity index is 350. The van der Waals surface area contributed by atoms with Gasteiger partial charge in [0.15, 0.2) is 12.2 Å². The molecule has 2 unspecified atom stereocenters. The number of hydrogen-bond acceptors (Lipinski definition) is 8. The van der Waals surface area contributed by atoms with Crippen LogP contribution in [-0.2, 0) is 38.1 Å². The first-order valence-corrected chi connectivity index (χ1v) is 6.63. The van der Waals surface area contributed by atoms with Crippen LogP contribution in [0.4, 0.5) is 0 Å². The number of esters is 1. The summed E-state index contributed by atoms with van der Waals surface area (Å²) >= 11 is 0. The Morgan fingerprint density at radius 3 is 2.05 bits per heavy atom. The summed E-state index contributed by atoms with van der Waals surface area (Å²) in [4.78, 5) is 42.9. The molecule has 1 aliphatic carbocycles. The number of ether oxygens (including phenoxy) is 4. The minimum Gasteiger partial charge on any atom is -0.464 e. The van der Waals surface area contributed by atoms with Crippen molar-refractivity contribution < 1.29 is 38.1 Å². The summed E-state index contributed by atoms with van der Waals surface area (Å²) in [6.45, 7) is -0.116. The molecule has 1 rings (SSSR count). The van der Waals surface area contributed by atoms with Crippen LogP contribution in [0, 0.1) is 5.92 Å². The Hall–Kier alpha value is -2.12. The molecular weight excluding hydrogens is 284 g/mol. The summed E-state index contributed by atoms with van der Waals surface area (Å²) in [5, 5.41) is 0. The van der Waals surface area contributed by atoms with E-state index >= 15 is 0 Å². The average molecular weight is 302 g/mol. The van der Waals surface area contributed by atoms with Gasteiger partial charge in [0, 0.05) is 0 Å². The van der Waals surface area contributed by atoms with Crippen LogP contribution in [0.1, 0.15) is 25.7 Å². The van der Waals surface area contributed by atoms with Crippen LogP contribution in [0.5, 0.6) is 0 Å². The Kier molecular flexibility index (Phi) is 7.85. The smallest absolute Gasteiger partial charge is 0.309 e. The van der Waals surface area contributed by atoms with Crippen LogP contribution < -0.4 is 0 Å². The molecule has 1 aliphatic rings. The summed E-state index contributed by atoms with van der Waals surface area (Å²) in [7, 11) is 0. The normalized spacial score (nSPS) is 17.3. The van der Waals surface area contributed by atoms with Crippen molar-refractivity contribution in [3.8, 4) is 0 Å². The summed E-state index contributed by atoms with van der Waals surface area (Å²) in [6, 6.07) is 0. The molecule has 8 heteroatoms. The van der Waals surface area contributed by atoms with E-state index in [-0.39, 0.29) is 44.5 Å². The van der Waals surface area contributed by atoms with Crippen LogP contribution >= 0.6 is 0 Å². The van der Waals surface area contributed by atoms with Crippen LogP contribution in [0.15, 0.2) is 0 Å². The van der Waals surface area contributed by atoms with Crippen molar-refractivity contribution in [1.82, 2.24) is 0 Å². The predicted molar refractivity (Wildman–Crippen MR) is 66.8 cm³/mol. The van der Waals surface area contributed by atoms with E-state index in [2.05, 4.69) is 9.47 Å². The molecule has 0 saturated heterocycles. The molecule has 0 heterocycles. The van der Waals surface area contributed by atoms with Gasteiger partial charge in [-0.1, -0.05) is 12.8 Å². The maximum absolute atomic E-state index is 11.8. The largest absolute Gasteiger partial charge is 0.464 e. The Morgan fingerprint density at radius 2 is 1.52 bits per heavy atom. The van der Waals surface area contributed by atoms with Gasteiger partial charge in [-0.2, -0.15) is 0 Å². The molecule has 8 nitrogen and oxygen atoms in total. The highest BCUT2D eigenvalue weighted by Gasteiger charge is 2.29. The Balaban J connectivity index is 2.51. The van der Waals surface area contributed by atoms with Crippen LogP contribution in [0.2, 0.25) is 0 Å². The molecule has 0 aromatic rings. The van der Waals surface area contributed by atoms with Gasteiger partial charge in [-0.05, 0) is 12.8 Å². The summed E-state index contributed by atoms with van der Waals surface area (Å²) in [6.07, 6.45) is 1.46. The van der Waals surface area contributed by atoms with Gasteiger partial charge in [0.2, 0.25) is 0 Å². The van der Waals surface area contributed by atoms with E-state index in [0.29, 0.717) is 0 Å². The lowest BCUT2D eigenvalue weighted by molar-refractivity contribution is -0.170. The lowest BCUT2D eigenvalue weighted by Crippen LogP contribution is -2.39. The lowest BCUT2D eigenvalue weighted by atomic mass is 10.1. The summed E-state index contributed by atoms with van der Waals surface area (Å²) in [5.41, 5.74) is 0. The second kappa shape index (κ2) is 9.73. The molecule has 0 aromatic heterocycles. The van der Waals surface area contributed by atoms with E-state index < -0.39 is 12.2 Å². The number of hydrogen-bond donors (Lipinski definition) is 0. The summed E-state index contributed by atoms with van der Waals surface area (Å²) < 4.78 is 19.0. The van der Waals surface area contributed by atoms with E-state index in [9.17, 15) is 19.2 Å². The molecule has 0 spiro atoms. The van der Waals surface area contributed by atoms with Gasteiger partial charge in [-0.25, -0.2) is 0 Å². The number of rotatable bonds is 11. The highest BCUT2D eigenvalue weighted by atomic mass is 16.6. The van der Waals surface area contributed by atoms with Gasteiger partial charge >= 0.3 is 5.97 Å². The lowest BCUT2D eigenvalue weighted by Gasteiger charge is -2.23. The standard InChI is InChI=1S/C13H18O8/c14-7-18-5-11(20-8-15)12(21-9-16)6-19-13(17)10-3-1-2-4-10/h7-12H,1-6H2. The third-order valence-electron chi connectivity index (χ3n) is 3.28. The molecule has 0 amide bonds. The SMILES string of the molecule is O=COCC(OC=O)C(COC(=O)C1CCCC1)OC=O. The molecule has 0 N–H and O–H groups in total. The maximum atomic E-state index is 11.8. The number of carbonyl (C=O) groups is 4. The molecule has 1 fully saturated rings. The van der Waals surface area contributed by atoms with E-state index in [1.165, 1.54) is 0 Å². The first kappa shape index (κ1) is 16.9. The first-order valence-electron chi connectivity index (χ1n) is 6.63. The van der Waals surface area contributed by atoms with Crippen LogP contribution in [0.25, 0.3) is 0 Å². The highest BCUT2D eigenvalue weighted by molar-refractivity contribution is 5.72. The quantitative estimate of drug-likeness (QED) is 0.298. The highest BCUT2D eigenvalue weighted by Crippen LogP contribution is 2.25. The van der Waals surface area contributed by atoms with Crippen molar-refractivity contribution in [2.24, 2.45) is 5.92 Å². The zero-order valence-electron chi connectivity index (χ0n) is 11.5. The predicted octanol–water partition coefficient (Wildman–Crippen LogP) is -0.0240. The van der Waals surface area contributed by atoms with Crippen molar-refractivity contribution >= 4 is 25.4 Å². The van der Waals surface area contributed by atoms with Crippen molar-refractivity contribution in [2.45, 2.75) is 37.9 Å². The van der Waals surface area contributed by atoms with Gasteiger partial charge < -0.3 is 18.9 Å². The van der Waals surface area contributed by atoms with Crippen molar-refractivity contribution in [1.29, 1.82) is 0 Å². The Morgan fingerprint density at radius 1 is 0.952 bits per heavy atom. The second-order valence-corrected chi connectivity index (χ2v) is 4.58. The minimum atomic E-state index is -1.03. The fraction of sp³-hybridized carbons (Fsp3) is 0.692. The number of carbonyl (C=O) groups excluding carboxylic acids is 4. The minimum absolute atomic E-state index is 0.138. The Labute approximate surface area is 121 Å². The van der Waals surface area contributed by atoms with Crippen molar-refractivity contribution in [3.05, 3.63) is 0 Å². The monoisotopic (exact) mass is 302 g/mol. The van der Waals surface area contributed by atoms with Gasteiger partial charge in [0.05, 0.1) is 5.92 Å². The fourth-order valence-electron chi connectivity index (χ4n) is 2.19. The molecule has 2 atom stereocenters. The van der Waals surface area contributed by atoms with Gasteiger partial charge in [0.25, 0.3) is 19.4 Å². The molecule has 0 aliphatic heterocycles. The molecular formula is C13H18O8. The fourth-order valence-corrected chi connectivity index (χ4v) is 2.19. The van der Waals surface area contributed by atoms with E-state index in [1.807, 2.05) is 0 Å². The third-order valence-corrected chi connectivity index (χ3v) is 3.28. The molecule has 118 valence electrons. The second-order valence-electron chi connectivity index (χ2n) is 4.58. The van der Waals surface area contributed by atoms with Gasteiger partial charge in [0.1, 0.15) is 13.2 Å². The molecule has 0 bridgehead atoms. The molecule has 1 saturated carbocycles. The molecule has 0 radical (unpaired) electrons. The summed E-state index contributed by atoms with van der Waals surface area (Å²) in [5.74, 6) is -0.508. The zero-order valence-corrected chi connectivity index (χ0v) is 11.5.